The summed E-state index contributed by atoms with van der Waals surface area (Å²) in [5, 5.41) is 1.61. The average Bonchev–Trinajstić information content (AvgIpc) is 2.38. The van der Waals surface area contributed by atoms with Crippen molar-refractivity contribution in [2.24, 2.45) is 0 Å². The van der Waals surface area contributed by atoms with Gasteiger partial charge in [-0.3, -0.25) is 4.18 Å². The summed E-state index contributed by atoms with van der Waals surface area (Å²) in [6.45, 7) is 2.23. The summed E-state index contributed by atoms with van der Waals surface area (Å²) < 4.78 is 29.2. The average molecular weight is 264 g/mol. The number of unbranched alkanes of at least 4 members (excludes halogenated alkanes) is 1. The van der Waals surface area contributed by atoms with Gasteiger partial charge < -0.3 is 0 Å². The molecule has 3 nitrogen and oxygen atoms in total. The zero-order valence-electron chi connectivity index (χ0n) is 10.3. The van der Waals surface area contributed by atoms with Gasteiger partial charge in [0.1, 0.15) is 4.90 Å². The second-order valence-electron chi connectivity index (χ2n) is 4.11. The van der Waals surface area contributed by atoms with Gasteiger partial charge in [0.15, 0.2) is 0 Å². The normalized spacial score (nSPS) is 11.8. The molecule has 0 heterocycles. The van der Waals surface area contributed by atoms with E-state index < -0.39 is 10.1 Å². The minimum atomic E-state index is -3.66. The Bertz CT molecular complexity index is 627. The van der Waals surface area contributed by atoms with Gasteiger partial charge >= 0.3 is 0 Å². The standard InChI is InChI=1S/C14H16O3S/c1-2-3-11-17-18(15,16)14-10-6-8-12-7-4-5-9-13(12)14/h4-10H,2-3,11H2,1H3. The van der Waals surface area contributed by atoms with E-state index in [9.17, 15) is 8.42 Å². The number of fused-ring (bicyclic) bond motifs is 1. The molecule has 0 N–H and O–H groups in total. The van der Waals surface area contributed by atoms with E-state index >= 15 is 0 Å². The minimum absolute atomic E-state index is 0.238. The maximum absolute atomic E-state index is 12.1. The lowest BCUT2D eigenvalue weighted by Gasteiger charge is -2.08. The summed E-state index contributed by atoms with van der Waals surface area (Å²) in [6, 6.07) is 12.6. The van der Waals surface area contributed by atoms with Crippen LogP contribution in [0.2, 0.25) is 0 Å². The lowest BCUT2D eigenvalue weighted by atomic mass is 10.1. The summed E-state index contributed by atoms with van der Waals surface area (Å²) in [6.07, 6.45) is 1.65. The number of hydrogen-bond acceptors (Lipinski definition) is 3. The Labute approximate surface area is 108 Å². The van der Waals surface area contributed by atoms with Crippen molar-refractivity contribution in [2.75, 3.05) is 6.61 Å². The van der Waals surface area contributed by atoms with Crippen LogP contribution in [-0.2, 0) is 14.3 Å². The molecule has 2 aromatic rings. The first-order chi connectivity index (χ1) is 8.65. The van der Waals surface area contributed by atoms with Crippen molar-refractivity contribution in [3.63, 3.8) is 0 Å². The molecule has 2 rings (SSSR count). The molecular formula is C14H16O3S. The summed E-state index contributed by atoms with van der Waals surface area (Å²) >= 11 is 0. The monoisotopic (exact) mass is 264 g/mol. The SMILES string of the molecule is CCCCOS(=O)(=O)c1cccc2ccccc12. The van der Waals surface area contributed by atoms with Crippen molar-refractivity contribution in [2.45, 2.75) is 24.7 Å². The topological polar surface area (TPSA) is 43.4 Å². The highest BCUT2D eigenvalue weighted by molar-refractivity contribution is 7.87. The van der Waals surface area contributed by atoms with Crippen LogP contribution in [0.3, 0.4) is 0 Å². The van der Waals surface area contributed by atoms with Crippen molar-refractivity contribution >= 4 is 20.9 Å². The van der Waals surface area contributed by atoms with Crippen LogP contribution in [0.5, 0.6) is 0 Å². The maximum atomic E-state index is 12.1. The van der Waals surface area contributed by atoms with Crippen LogP contribution in [0, 0.1) is 0 Å². The molecule has 0 aliphatic heterocycles. The van der Waals surface area contributed by atoms with E-state index in [0.717, 1.165) is 18.2 Å². The highest BCUT2D eigenvalue weighted by Crippen LogP contribution is 2.24. The second kappa shape index (κ2) is 5.50. The first kappa shape index (κ1) is 13.1. The molecule has 0 aromatic heterocycles. The molecule has 0 atom stereocenters. The fourth-order valence-electron chi connectivity index (χ4n) is 1.79. The van der Waals surface area contributed by atoms with Crippen molar-refractivity contribution in [3.05, 3.63) is 42.5 Å². The predicted molar refractivity (Wildman–Crippen MR) is 72.0 cm³/mol. The Morgan fingerprint density at radius 1 is 1.06 bits per heavy atom. The van der Waals surface area contributed by atoms with E-state index in [0.29, 0.717) is 5.39 Å². The second-order valence-corrected chi connectivity index (χ2v) is 5.69. The van der Waals surface area contributed by atoms with Crippen molar-refractivity contribution in [3.8, 4) is 0 Å². The van der Waals surface area contributed by atoms with Crippen LogP contribution in [0.4, 0.5) is 0 Å². The number of rotatable bonds is 5. The molecule has 2 aromatic carbocycles. The van der Waals surface area contributed by atoms with Gasteiger partial charge in [-0.1, -0.05) is 49.7 Å². The van der Waals surface area contributed by atoms with Gasteiger partial charge in [-0.15, -0.1) is 0 Å². The summed E-state index contributed by atoms with van der Waals surface area (Å²) in [7, 11) is -3.66. The van der Waals surface area contributed by atoms with Gasteiger partial charge in [0, 0.05) is 5.39 Å². The Morgan fingerprint density at radius 2 is 1.78 bits per heavy atom. The molecule has 0 aliphatic rings. The molecule has 0 amide bonds. The fourth-order valence-corrected chi connectivity index (χ4v) is 2.95. The molecule has 0 saturated carbocycles. The molecule has 0 spiro atoms. The van der Waals surface area contributed by atoms with Crippen molar-refractivity contribution in [1.29, 1.82) is 0 Å². The molecule has 0 fully saturated rings. The predicted octanol–water partition coefficient (Wildman–Crippen LogP) is 3.35. The maximum Gasteiger partial charge on any atom is 0.297 e. The Morgan fingerprint density at radius 3 is 2.56 bits per heavy atom. The highest BCUT2D eigenvalue weighted by atomic mass is 32.2. The molecule has 18 heavy (non-hydrogen) atoms. The summed E-state index contributed by atoms with van der Waals surface area (Å²) in [5.41, 5.74) is 0. The summed E-state index contributed by atoms with van der Waals surface area (Å²) in [5.74, 6) is 0. The van der Waals surface area contributed by atoms with E-state index in [1.807, 2.05) is 31.2 Å². The van der Waals surface area contributed by atoms with E-state index in [4.69, 9.17) is 4.18 Å². The van der Waals surface area contributed by atoms with Gasteiger partial charge in [-0.25, -0.2) is 0 Å². The third kappa shape index (κ3) is 2.71. The van der Waals surface area contributed by atoms with Gasteiger partial charge in [-0.05, 0) is 17.9 Å². The number of benzene rings is 2. The van der Waals surface area contributed by atoms with Gasteiger partial charge in [0.2, 0.25) is 0 Å². The van der Waals surface area contributed by atoms with Crippen LogP contribution < -0.4 is 0 Å². The molecule has 0 unspecified atom stereocenters. The zero-order valence-corrected chi connectivity index (χ0v) is 11.1. The molecule has 0 bridgehead atoms. The van der Waals surface area contributed by atoms with Gasteiger partial charge in [0.25, 0.3) is 10.1 Å². The zero-order chi connectivity index (χ0) is 13.0. The van der Waals surface area contributed by atoms with E-state index in [1.54, 1.807) is 18.2 Å². The number of hydrogen-bond donors (Lipinski definition) is 0. The van der Waals surface area contributed by atoms with E-state index in [1.165, 1.54) is 0 Å². The van der Waals surface area contributed by atoms with Crippen LogP contribution >= 0.6 is 0 Å². The van der Waals surface area contributed by atoms with Crippen molar-refractivity contribution in [1.82, 2.24) is 0 Å². The molecule has 96 valence electrons. The molecule has 4 heteroatoms. The lowest BCUT2D eigenvalue weighted by molar-refractivity contribution is 0.311. The minimum Gasteiger partial charge on any atom is -0.266 e. The van der Waals surface area contributed by atoms with E-state index in [2.05, 4.69) is 0 Å². The quantitative estimate of drug-likeness (QED) is 0.614. The largest absolute Gasteiger partial charge is 0.297 e. The summed E-state index contributed by atoms with van der Waals surface area (Å²) in [4.78, 5) is 0.247. The molecule has 0 saturated heterocycles. The highest BCUT2D eigenvalue weighted by Gasteiger charge is 2.17. The molecular weight excluding hydrogens is 248 g/mol. The van der Waals surface area contributed by atoms with Crippen molar-refractivity contribution < 1.29 is 12.6 Å². The third-order valence-corrected chi connectivity index (χ3v) is 4.13. The Hall–Kier alpha value is -1.39. The Balaban J connectivity index is 2.41. The third-order valence-electron chi connectivity index (χ3n) is 2.76. The van der Waals surface area contributed by atoms with Gasteiger partial charge in [0.05, 0.1) is 6.61 Å². The first-order valence-electron chi connectivity index (χ1n) is 6.02. The molecule has 0 aliphatic carbocycles. The first-order valence-corrected chi connectivity index (χ1v) is 7.43. The van der Waals surface area contributed by atoms with Crippen LogP contribution in [0.15, 0.2) is 47.4 Å². The molecule has 0 radical (unpaired) electrons. The van der Waals surface area contributed by atoms with Crippen LogP contribution in [0.1, 0.15) is 19.8 Å². The Kier molecular flexibility index (Phi) is 3.99. The van der Waals surface area contributed by atoms with E-state index in [-0.39, 0.29) is 11.5 Å². The smallest absolute Gasteiger partial charge is 0.266 e. The fraction of sp³-hybridized carbons (Fsp3) is 0.286. The van der Waals surface area contributed by atoms with Gasteiger partial charge in [-0.2, -0.15) is 8.42 Å². The lowest BCUT2D eigenvalue weighted by Crippen LogP contribution is -2.08. The van der Waals surface area contributed by atoms with Crippen LogP contribution in [-0.4, -0.2) is 15.0 Å². The van der Waals surface area contributed by atoms with Crippen LogP contribution in [0.25, 0.3) is 10.8 Å².